The van der Waals surface area contributed by atoms with Crippen molar-refractivity contribution in [3.63, 3.8) is 0 Å². The summed E-state index contributed by atoms with van der Waals surface area (Å²) in [6, 6.07) is 0.564. The predicted molar refractivity (Wildman–Crippen MR) is 76.3 cm³/mol. The van der Waals surface area contributed by atoms with Crippen LogP contribution in [-0.4, -0.2) is 36.9 Å². The van der Waals surface area contributed by atoms with Gasteiger partial charge in [-0.25, -0.2) is 0 Å². The van der Waals surface area contributed by atoms with E-state index >= 15 is 0 Å². The van der Waals surface area contributed by atoms with Crippen LogP contribution in [0.4, 0.5) is 0 Å². The largest absolute Gasteiger partial charge is 0.481 e. The van der Waals surface area contributed by atoms with E-state index < -0.39 is 5.97 Å². The molecule has 2 unspecified atom stereocenters. The van der Waals surface area contributed by atoms with Gasteiger partial charge in [-0.05, 0) is 50.5 Å². The molecular weight excluding hydrogens is 242 g/mol. The zero-order chi connectivity index (χ0) is 14.3. The van der Waals surface area contributed by atoms with Crippen LogP contribution >= 0.6 is 0 Å². The summed E-state index contributed by atoms with van der Waals surface area (Å²) < 4.78 is 5.43. The molecule has 0 saturated heterocycles. The molecule has 0 aromatic rings. The molecule has 1 rings (SSSR count). The van der Waals surface area contributed by atoms with Crippen molar-refractivity contribution in [1.82, 2.24) is 5.32 Å². The fourth-order valence-corrected chi connectivity index (χ4v) is 2.73. The number of methoxy groups -OCH3 is 1. The van der Waals surface area contributed by atoms with E-state index in [0.29, 0.717) is 12.1 Å². The summed E-state index contributed by atoms with van der Waals surface area (Å²) in [5.74, 6) is -0.698. The van der Waals surface area contributed by atoms with E-state index in [1.165, 1.54) is 19.3 Å². The topological polar surface area (TPSA) is 58.6 Å². The van der Waals surface area contributed by atoms with Gasteiger partial charge in [0, 0.05) is 19.6 Å². The number of carboxylic acid groups (broad SMARTS) is 1. The molecular formula is C15H29NO3. The molecule has 0 spiro atoms. The van der Waals surface area contributed by atoms with E-state index in [0.717, 1.165) is 25.8 Å². The van der Waals surface area contributed by atoms with Gasteiger partial charge in [-0.2, -0.15) is 0 Å². The first-order chi connectivity index (χ1) is 8.93. The molecule has 0 aromatic carbocycles. The minimum Gasteiger partial charge on any atom is -0.481 e. The zero-order valence-electron chi connectivity index (χ0n) is 12.6. The average Bonchev–Trinajstić information content (AvgIpc) is 2.37. The number of nitrogens with one attached hydrogen (secondary N) is 1. The zero-order valence-corrected chi connectivity index (χ0v) is 12.6. The number of hydrogen-bond donors (Lipinski definition) is 2. The van der Waals surface area contributed by atoms with Gasteiger partial charge in [0.1, 0.15) is 0 Å². The van der Waals surface area contributed by atoms with Gasteiger partial charge in [0.05, 0.1) is 6.10 Å². The van der Waals surface area contributed by atoms with E-state index in [-0.39, 0.29) is 11.8 Å². The molecule has 19 heavy (non-hydrogen) atoms. The maximum atomic E-state index is 10.6. The molecule has 0 bridgehead atoms. The monoisotopic (exact) mass is 271 g/mol. The third kappa shape index (κ3) is 6.92. The van der Waals surface area contributed by atoms with Crippen molar-refractivity contribution in [1.29, 1.82) is 0 Å². The highest BCUT2D eigenvalue weighted by atomic mass is 16.5. The van der Waals surface area contributed by atoms with Gasteiger partial charge in [0.2, 0.25) is 0 Å². The minimum atomic E-state index is -0.698. The molecule has 4 heteroatoms. The lowest BCUT2D eigenvalue weighted by molar-refractivity contribution is -0.137. The highest BCUT2D eigenvalue weighted by Crippen LogP contribution is 2.27. The SMILES string of the molecule is COC1CCCC(NCCC(C)(C)CCC(=O)O)C1. The maximum Gasteiger partial charge on any atom is 0.303 e. The van der Waals surface area contributed by atoms with Gasteiger partial charge in [0.25, 0.3) is 0 Å². The Balaban J connectivity index is 2.19. The molecule has 0 heterocycles. The molecule has 1 saturated carbocycles. The number of ether oxygens (including phenoxy) is 1. The van der Waals surface area contributed by atoms with Crippen LogP contribution in [0.5, 0.6) is 0 Å². The van der Waals surface area contributed by atoms with Gasteiger partial charge in [-0.1, -0.05) is 13.8 Å². The number of carbonyl (C=O) groups is 1. The summed E-state index contributed by atoms with van der Waals surface area (Å²) in [6.07, 6.45) is 7.19. The van der Waals surface area contributed by atoms with Crippen LogP contribution in [-0.2, 0) is 9.53 Å². The molecule has 1 aliphatic carbocycles. The fraction of sp³-hybridized carbons (Fsp3) is 0.933. The molecule has 0 aromatic heterocycles. The van der Waals surface area contributed by atoms with Gasteiger partial charge in [-0.3, -0.25) is 4.79 Å². The average molecular weight is 271 g/mol. The molecule has 112 valence electrons. The van der Waals surface area contributed by atoms with Crippen molar-refractivity contribution >= 4 is 5.97 Å². The Morgan fingerprint density at radius 3 is 2.74 bits per heavy atom. The summed E-state index contributed by atoms with van der Waals surface area (Å²) in [5, 5.41) is 12.3. The van der Waals surface area contributed by atoms with E-state index in [4.69, 9.17) is 9.84 Å². The number of carboxylic acids is 1. The molecule has 1 aliphatic rings. The Bertz CT molecular complexity index is 279. The summed E-state index contributed by atoms with van der Waals surface area (Å²) in [7, 11) is 1.79. The van der Waals surface area contributed by atoms with E-state index in [1.54, 1.807) is 7.11 Å². The Hall–Kier alpha value is -0.610. The van der Waals surface area contributed by atoms with Crippen molar-refractivity contribution in [2.75, 3.05) is 13.7 Å². The highest BCUT2D eigenvalue weighted by molar-refractivity contribution is 5.66. The van der Waals surface area contributed by atoms with Crippen LogP contribution in [0.2, 0.25) is 0 Å². The lowest BCUT2D eigenvalue weighted by Gasteiger charge is -2.30. The Labute approximate surface area is 116 Å². The van der Waals surface area contributed by atoms with Crippen LogP contribution in [0.15, 0.2) is 0 Å². The predicted octanol–water partition coefficient (Wildman–Crippen LogP) is 2.81. The van der Waals surface area contributed by atoms with Gasteiger partial charge in [-0.15, -0.1) is 0 Å². The Kier molecular flexibility index (Phi) is 6.80. The minimum absolute atomic E-state index is 0.0979. The number of rotatable bonds is 8. The molecule has 2 atom stereocenters. The van der Waals surface area contributed by atoms with Gasteiger partial charge < -0.3 is 15.2 Å². The first-order valence-electron chi connectivity index (χ1n) is 7.41. The summed E-state index contributed by atoms with van der Waals surface area (Å²) in [6.45, 7) is 5.26. The van der Waals surface area contributed by atoms with Crippen LogP contribution in [0.25, 0.3) is 0 Å². The second-order valence-electron chi connectivity index (χ2n) is 6.48. The molecule has 0 amide bonds. The summed E-state index contributed by atoms with van der Waals surface area (Å²) in [4.78, 5) is 10.6. The quantitative estimate of drug-likeness (QED) is 0.712. The lowest BCUT2D eigenvalue weighted by atomic mass is 9.84. The second-order valence-corrected chi connectivity index (χ2v) is 6.48. The van der Waals surface area contributed by atoms with Crippen LogP contribution < -0.4 is 5.32 Å². The van der Waals surface area contributed by atoms with Crippen molar-refractivity contribution in [2.45, 2.75) is 70.9 Å². The molecule has 4 nitrogen and oxygen atoms in total. The van der Waals surface area contributed by atoms with Crippen LogP contribution in [0.3, 0.4) is 0 Å². The standard InChI is InChI=1S/C15H29NO3/c1-15(2,8-7-14(17)18)9-10-16-12-5-4-6-13(11-12)19-3/h12-13,16H,4-11H2,1-3H3,(H,17,18). The van der Waals surface area contributed by atoms with Crippen molar-refractivity contribution in [2.24, 2.45) is 5.41 Å². The van der Waals surface area contributed by atoms with E-state index in [9.17, 15) is 4.79 Å². The number of aliphatic carboxylic acids is 1. The molecule has 0 radical (unpaired) electrons. The Morgan fingerprint density at radius 1 is 1.37 bits per heavy atom. The van der Waals surface area contributed by atoms with Crippen molar-refractivity contribution in [3.8, 4) is 0 Å². The van der Waals surface area contributed by atoms with Gasteiger partial charge >= 0.3 is 5.97 Å². The van der Waals surface area contributed by atoms with E-state index in [2.05, 4.69) is 19.2 Å². The molecule has 0 aliphatic heterocycles. The summed E-state index contributed by atoms with van der Waals surface area (Å²) >= 11 is 0. The highest BCUT2D eigenvalue weighted by Gasteiger charge is 2.23. The summed E-state index contributed by atoms with van der Waals surface area (Å²) in [5.41, 5.74) is 0.0979. The van der Waals surface area contributed by atoms with Crippen LogP contribution in [0.1, 0.15) is 58.8 Å². The third-order valence-corrected chi connectivity index (χ3v) is 4.21. The third-order valence-electron chi connectivity index (χ3n) is 4.21. The first kappa shape index (κ1) is 16.4. The van der Waals surface area contributed by atoms with Crippen LogP contribution in [0, 0.1) is 5.41 Å². The normalized spacial score (nSPS) is 24.4. The van der Waals surface area contributed by atoms with E-state index in [1.807, 2.05) is 0 Å². The molecule has 2 N–H and O–H groups in total. The maximum absolute atomic E-state index is 10.6. The Morgan fingerprint density at radius 2 is 2.11 bits per heavy atom. The first-order valence-corrected chi connectivity index (χ1v) is 7.41. The van der Waals surface area contributed by atoms with Crippen molar-refractivity contribution in [3.05, 3.63) is 0 Å². The van der Waals surface area contributed by atoms with Gasteiger partial charge in [0.15, 0.2) is 0 Å². The second kappa shape index (κ2) is 7.85. The fourth-order valence-electron chi connectivity index (χ4n) is 2.73. The smallest absolute Gasteiger partial charge is 0.303 e. The molecule has 1 fully saturated rings. The van der Waals surface area contributed by atoms with Crippen molar-refractivity contribution < 1.29 is 14.6 Å². The number of hydrogen-bond acceptors (Lipinski definition) is 3. The lowest BCUT2D eigenvalue weighted by Crippen LogP contribution is -2.38.